The standard InChI is InChI=1S/C11H20N4O2/c1-7(2)8(3)6-12-9-13-10(16-4)15-11(14-9)17-5/h7-8H,6H2,1-5H3,(H,12,13,14,15). The summed E-state index contributed by atoms with van der Waals surface area (Å²) >= 11 is 0. The monoisotopic (exact) mass is 240 g/mol. The Balaban J connectivity index is 2.70. The van der Waals surface area contributed by atoms with Crippen LogP contribution in [-0.4, -0.2) is 35.7 Å². The molecule has 0 radical (unpaired) electrons. The van der Waals surface area contributed by atoms with Crippen LogP contribution in [0.2, 0.25) is 0 Å². The summed E-state index contributed by atoms with van der Waals surface area (Å²) in [7, 11) is 3.02. The zero-order valence-electron chi connectivity index (χ0n) is 11.0. The minimum Gasteiger partial charge on any atom is -0.467 e. The van der Waals surface area contributed by atoms with Crippen LogP contribution < -0.4 is 14.8 Å². The molecule has 1 unspecified atom stereocenters. The average molecular weight is 240 g/mol. The Kier molecular flexibility index (Phi) is 4.93. The molecular weight excluding hydrogens is 220 g/mol. The molecule has 0 aliphatic heterocycles. The number of nitrogens with one attached hydrogen (secondary N) is 1. The van der Waals surface area contributed by atoms with Crippen LogP contribution in [0.25, 0.3) is 0 Å². The summed E-state index contributed by atoms with van der Waals surface area (Å²) in [6.45, 7) is 7.34. The van der Waals surface area contributed by atoms with Crippen LogP contribution in [0.1, 0.15) is 20.8 Å². The molecule has 0 saturated carbocycles. The fraction of sp³-hybridized carbons (Fsp3) is 0.727. The first-order chi connectivity index (χ1) is 8.06. The second-order valence-electron chi connectivity index (χ2n) is 4.23. The highest BCUT2D eigenvalue weighted by Gasteiger charge is 2.10. The summed E-state index contributed by atoms with van der Waals surface area (Å²) in [5, 5.41) is 3.15. The molecule has 0 bridgehead atoms. The van der Waals surface area contributed by atoms with E-state index in [4.69, 9.17) is 9.47 Å². The van der Waals surface area contributed by atoms with Crippen molar-refractivity contribution in [2.45, 2.75) is 20.8 Å². The minimum atomic E-state index is 0.247. The average Bonchev–Trinajstić information content (AvgIpc) is 2.35. The van der Waals surface area contributed by atoms with Gasteiger partial charge in [-0.2, -0.15) is 9.97 Å². The highest BCUT2D eigenvalue weighted by molar-refractivity contribution is 5.27. The lowest BCUT2D eigenvalue weighted by atomic mass is 9.98. The van der Waals surface area contributed by atoms with Crippen LogP contribution in [0.5, 0.6) is 12.0 Å². The zero-order chi connectivity index (χ0) is 12.8. The highest BCUT2D eigenvalue weighted by atomic mass is 16.5. The zero-order valence-corrected chi connectivity index (χ0v) is 11.0. The van der Waals surface area contributed by atoms with E-state index in [0.717, 1.165) is 6.54 Å². The molecule has 1 heterocycles. The van der Waals surface area contributed by atoms with E-state index < -0.39 is 0 Å². The van der Waals surface area contributed by atoms with Gasteiger partial charge < -0.3 is 14.8 Å². The van der Waals surface area contributed by atoms with Crippen LogP contribution in [0.4, 0.5) is 5.95 Å². The smallest absolute Gasteiger partial charge is 0.324 e. The van der Waals surface area contributed by atoms with Gasteiger partial charge in [0.15, 0.2) is 0 Å². The van der Waals surface area contributed by atoms with E-state index in [1.807, 2.05) is 0 Å². The summed E-state index contributed by atoms with van der Waals surface area (Å²) in [5.41, 5.74) is 0. The molecule has 1 N–H and O–H groups in total. The molecule has 1 aromatic rings. The van der Waals surface area contributed by atoms with Gasteiger partial charge in [0.05, 0.1) is 14.2 Å². The molecule has 0 aliphatic carbocycles. The number of nitrogens with zero attached hydrogens (tertiary/aromatic N) is 3. The highest BCUT2D eigenvalue weighted by Crippen LogP contribution is 2.14. The molecule has 1 aromatic heterocycles. The Labute approximate surface area is 102 Å². The Morgan fingerprint density at radius 2 is 1.53 bits per heavy atom. The summed E-state index contributed by atoms with van der Waals surface area (Å²) in [6, 6.07) is 0.494. The van der Waals surface area contributed by atoms with E-state index in [1.54, 1.807) is 0 Å². The number of ether oxygens (including phenoxy) is 2. The van der Waals surface area contributed by atoms with Gasteiger partial charge in [0.1, 0.15) is 0 Å². The van der Waals surface area contributed by atoms with Gasteiger partial charge in [-0.3, -0.25) is 0 Å². The summed E-state index contributed by atoms with van der Waals surface area (Å²) in [6.07, 6.45) is 0. The quantitative estimate of drug-likeness (QED) is 0.814. The SMILES string of the molecule is COc1nc(NCC(C)C(C)C)nc(OC)n1. The van der Waals surface area contributed by atoms with E-state index in [9.17, 15) is 0 Å². The maximum atomic E-state index is 4.97. The molecule has 6 nitrogen and oxygen atoms in total. The molecule has 0 aromatic carbocycles. The van der Waals surface area contributed by atoms with Crippen LogP contribution in [0.15, 0.2) is 0 Å². The lowest BCUT2D eigenvalue weighted by Gasteiger charge is -2.16. The Morgan fingerprint density at radius 1 is 1.00 bits per heavy atom. The molecule has 17 heavy (non-hydrogen) atoms. The van der Waals surface area contributed by atoms with Crippen molar-refractivity contribution in [2.75, 3.05) is 26.1 Å². The Bertz CT molecular complexity index is 335. The molecule has 6 heteroatoms. The fourth-order valence-electron chi connectivity index (χ4n) is 1.09. The summed E-state index contributed by atoms with van der Waals surface area (Å²) in [5.74, 6) is 1.61. The number of anilines is 1. The number of methoxy groups -OCH3 is 2. The molecule has 0 amide bonds. The van der Waals surface area contributed by atoms with Gasteiger partial charge in [0.25, 0.3) is 0 Å². The Morgan fingerprint density at radius 3 is 1.94 bits per heavy atom. The second kappa shape index (κ2) is 6.22. The van der Waals surface area contributed by atoms with Gasteiger partial charge in [-0.1, -0.05) is 20.8 Å². The molecular formula is C11H20N4O2. The summed E-state index contributed by atoms with van der Waals surface area (Å²) in [4.78, 5) is 12.1. The van der Waals surface area contributed by atoms with E-state index in [2.05, 4.69) is 41.0 Å². The van der Waals surface area contributed by atoms with Gasteiger partial charge in [0.2, 0.25) is 5.95 Å². The summed E-state index contributed by atoms with van der Waals surface area (Å²) < 4.78 is 9.94. The molecule has 0 spiro atoms. The van der Waals surface area contributed by atoms with E-state index in [0.29, 0.717) is 17.8 Å². The molecule has 0 fully saturated rings. The predicted octanol–water partition coefficient (Wildman–Crippen LogP) is 1.59. The first kappa shape index (κ1) is 13.5. The number of rotatable bonds is 6. The van der Waals surface area contributed by atoms with E-state index in [1.165, 1.54) is 14.2 Å². The van der Waals surface area contributed by atoms with Crippen molar-refractivity contribution in [2.24, 2.45) is 11.8 Å². The van der Waals surface area contributed by atoms with E-state index >= 15 is 0 Å². The molecule has 0 saturated heterocycles. The van der Waals surface area contributed by atoms with Gasteiger partial charge in [-0.15, -0.1) is 4.98 Å². The second-order valence-corrected chi connectivity index (χ2v) is 4.23. The lowest BCUT2D eigenvalue weighted by molar-refractivity contribution is 0.340. The van der Waals surface area contributed by atoms with Crippen molar-refractivity contribution in [3.63, 3.8) is 0 Å². The maximum absolute atomic E-state index is 4.97. The number of hydrogen-bond acceptors (Lipinski definition) is 6. The predicted molar refractivity (Wildman–Crippen MR) is 65.4 cm³/mol. The van der Waals surface area contributed by atoms with E-state index in [-0.39, 0.29) is 12.0 Å². The third-order valence-corrected chi connectivity index (χ3v) is 2.68. The van der Waals surface area contributed by atoms with Crippen molar-refractivity contribution >= 4 is 5.95 Å². The minimum absolute atomic E-state index is 0.247. The molecule has 1 atom stereocenters. The van der Waals surface area contributed by atoms with Crippen molar-refractivity contribution in [3.8, 4) is 12.0 Å². The van der Waals surface area contributed by atoms with Crippen molar-refractivity contribution < 1.29 is 9.47 Å². The fourth-order valence-corrected chi connectivity index (χ4v) is 1.09. The molecule has 1 rings (SSSR count). The van der Waals surface area contributed by atoms with Gasteiger partial charge in [-0.05, 0) is 11.8 Å². The van der Waals surface area contributed by atoms with Crippen LogP contribution >= 0.6 is 0 Å². The Hall–Kier alpha value is -1.59. The largest absolute Gasteiger partial charge is 0.467 e. The topological polar surface area (TPSA) is 69.2 Å². The van der Waals surface area contributed by atoms with Crippen LogP contribution in [-0.2, 0) is 0 Å². The lowest BCUT2D eigenvalue weighted by Crippen LogP contribution is -2.18. The first-order valence-corrected chi connectivity index (χ1v) is 5.64. The first-order valence-electron chi connectivity index (χ1n) is 5.64. The van der Waals surface area contributed by atoms with Gasteiger partial charge in [0, 0.05) is 6.54 Å². The molecule has 96 valence electrons. The van der Waals surface area contributed by atoms with Gasteiger partial charge >= 0.3 is 12.0 Å². The normalized spacial score (nSPS) is 12.4. The van der Waals surface area contributed by atoms with Crippen LogP contribution in [0.3, 0.4) is 0 Å². The van der Waals surface area contributed by atoms with Crippen molar-refractivity contribution in [1.82, 2.24) is 15.0 Å². The van der Waals surface area contributed by atoms with Crippen molar-refractivity contribution in [3.05, 3.63) is 0 Å². The maximum Gasteiger partial charge on any atom is 0.324 e. The van der Waals surface area contributed by atoms with Crippen molar-refractivity contribution in [1.29, 1.82) is 0 Å². The van der Waals surface area contributed by atoms with Crippen LogP contribution in [0, 0.1) is 11.8 Å². The third-order valence-electron chi connectivity index (χ3n) is 2.68. The number of aromatic nitrogens is 3. The van der Waals surface area contributed by atoms with Gasteiger partial charge in [-0.25, -0.2) is 0 Å². The molecule has 0 aliphatic rings. The third kappa shape index (κ3) is 4.05. The number of hydrogen-bond donors (Lipinski definition) is 1.